The minimum atomic E-state index is -0.181. The van der Waals surface area contributed by atoms with Gasteiger partial charge in [-0.05, 0) is 37.6 Å². The van der Waals surface area contributed by atoms with Crippen molar-refractivity contribution in [2.24, 2.45) is 0 Å². The van der Waals surface area contributed by atoms with E-state index in [9.17, 15) is 4.79 Å². The molecule has 0 bridgehead atoms. The van der Waals surface area contributed by atoms with Gasteiger partial charge >= 0.3 is 0 Å². The zero-order chi connectivity index (χ0) is 18.9. The summed E-state index contributed by atoms with van der Waals surface area (Å²) in [6.45, 7) is 5.01. The molecule has 0 aliphatic rings. The summed E-state index contributed by atoms with van der Waals surface area (Å²) in [4.78, 5) is 11.7. The third-order valence-corrected chi connectivity index (χ3v) is 3.77. The lowest BCUT2D eigenvalue weighted by atomic mass is 10.2. The first-order valence-corrected chi connectivity index (χ1v) is 8.22. The number of benzene rings is 1. The molecule has 1 N–H and O–H groups in total. The van der Waals surface area contributed by atoms with Crippen molar-refractivity contribution in [1.82, 2.24) is 10.5 Å². The molecular weight excluding hydrogens is 336 g/mol. The van der Waals surface area contributed by atoms with Gasteiger partial charge in [-0.25, -0.2) is 0 Å². The number of methoxy groups -OCH3 is 2. The molecule has 0 spiro atoms. The Hall–Kier alpha value is -2.80. The topological polar surface area (TPSA) is 82.8 Å². The van der Waals surface area contributed by atoms with E-state index in [0.29, 0.717) is 31.3 Å². The summed E-state index contributed by atoms with van der Waals surface area (Å²) in [5, 5.41) is 6.63. The van der Waals surface area contributed by atoms with Crippen LogP contribution in [0.15, 0.2) is 28.8 Å². The number of ether oxygens (including phenoxy) is 3. The van der Waals surface area contributed by atoms with Gasteiger partial charge in [0.1, 0.15) is 12.4 Å². The summed E-state index contributed by atoms with van der Waals surface area (Å²) in [6, 6.07) is 5.46. The molecule has 0 fully saturated rings. The number of amides is 1. The zero-order valence-corrected chi connectivity index (χ0v) is 15.5. The lowest BCUT2D eigenvalue weighted by molar-refractivity contribution is -0.116. The fraction of sp³-hybridized carbons (Fsp3) is 0.368. The fourth-order valence-electron chi connectivity index (χ4n) is 2.27. The highest BCUT2D eigenvalue weighted by atomic mass is 16.5. The number of aryl methyl sites for hydroxylation is 2. The van der Waals surface area contributed by atoms with Gasteiger partial charge < -0.3 is 24.1 Å². The van der Waals surface area contributed by atoms with Gasteiger partial charge in [-0.3, -0.25) is 4.79 Å². The molecule has 0 saturated carbocycles. The summed E-state index contributed by atoms with van der Waals surface area (Å²) >= 11 is 0. The van der Waals surface area contributed by atoms with Crippen LogP contribution in [0.3, 0.4) is 0 Å². The first kappa shape index (κ1) is 19.5. The highest BCUT2D eigenvalue weighted by Gasteiger charge is 2.11. The van der Waals surface area contributed by atoms with E-state index in [2.05, 4.69) is 10.5 Å². The highest BCUT2D eigenvalue weighted by Crippen LogP contribution is 2.30. The minimum absolute atomic E-state index is 0.181. The summed E-state index contributed by atoms with van der Waals surface area (Å²) in [5.41, 5.74) is 2.55. The Morgan fingerprint density at radius 1 is 1.27 bits per heavy atom. The van der Waals surface area contributed by atoms with E-state index >= 15 is 0 Å². The summed E-state index contributed by atoms with van der Waals surface area (Å²) in [7, 11) is 3.16. The van der Waals surface area contributed by atoms with E-state index in [4.69, 9.17) is 18.7 Å². The first-order chi connectivity index (χ1) is 12.5. The maximum Gasteiger partial charge on any atom is 0.244 e. The predicted molar refractivity (Wildman–Crippen MR) is 97.2 cm³/mol. The van der Waals surface area contributed by atoms with Crippen molar-refractivity contribution in [2.45, 2.75) is 20.5 Å². The number of carbonyl (C=O) groups excluding carboxylic acids is 1. The Morgan fingerprint density at radius 3 is 2.73 bits per heavy atom. The van der Waals surface area contributed by atoms with Gasteiger partial charge in [0, 0.05) is 19.7 Å². The molecule has 0 aliphatic carbocycles. The second kappa shape index (κ2) is 9.62. The van der Waals surface area contributed by atoms with Crippen LogP contribution in [-0.2, 0) is 16.1 Å². The van der Waals surface area contributed by atoms with Crippen LogP contribution in [0.1, 0.15) is 22.6 Å². The molecule has 7 heteroatoms. The molecule has 0 atom stereocenters. The lowest BCUT2D eigenvalue weighted by Crippen LogP contribution is -2.24. The smallest absolute Gasteiger partial charge is 0.244 e. The number of hydrogen-bond donors (Lipinski definition) is 1. The average Bonchev–Trinajstić information content (AvgIpc) is 2.96. The van der Waals surface area contributed by atoms with Crippen LogP contribution >= 0.6 is 0 Å². The first-order valence-electron chi connectivity index (χ1n) is 8.22. The van der Waals surface area contributed by atoms with Crippen LogP contribution in [0.25, 0.3) is 6.08 Å². The van der Waals surface area contributed by atoms with E-state index in [1.807, 2.05) is 26.0 Å². The van der Waals surface area contributed by atoms with Crippen LogP contribution < -0.4 is 14.8 Å². The Morgan fingerprint density at radius 2 is 2.08 bits per heavy atom. The summed E-state index contributed by atoms with van der Waals surface area (Å²) in [5.74, 6) is 1.74. The number of aromatic nitrogens is 1. The maximum absolute atomic E-state index is 11.7. The molecule has 0 aliphatic heterocycles. The highest BCUT2D eigenvalue weighted by molar-refractivity contribution is 5.91. The minimum Gasteiger partial charge on any atom is -0.493 e. The molecule has 2 rings (SSSR count). The number of carbonyl (C=O) groups is 1. The molecule has 1 aromatic heterocycles. The van der Waals surface area contributed by atoms with Crippen molar-refractivity contribution in [3.05, 3.63) is 46.9 Å². The molecule has 2 aromatic rings. The molecular formula is C19H24N2O5. The third kappa shape index (κ3) is 5.35. The molecule has 1 heterocycles. The largest absolute Gasteiger partial charge is 0.493 e. The van der Waals surface area contributed by atoms with Crippen molar-refractivity contribution >= 4 is 12.0 Å². The van der Waals surface area contributed by atoms with Crippen molar-refractivity contribution in [3.63, 3.8) is 0 Å². The van der Waals surface area contributed by atoms with Crippen LogP contribution in [0, 0.1) is 13.8 Å². The van der Waals surface area contributed by atoms with Gasteiger partial charge in [-0.2, -0.15) is 0 Å². The average molecular weight is 360 g/mol. The van der Waals surface area contributed by atoms with Gasteiger partial charge in [0.05, 0.1) is 25.0 Å². The van der Waals surface area contributed by atoms with Crippen LogP contribution in [0.2, 0.25) is 0 Å². The standard InChI is InChI=1S/C19H24N2O5/c1-13-16(14(2)26-21-13)12-25-17-7-5-15(11-18(17)24-4)6-8-19(22)20-9-10-23-3/h5-8,11H,9-10,12H2,1-4H3,(H,20,22)/b8-6+. The van der Waals surface area contributed by atoms with Crippen molar-refractivity contribution in [1.29, 1.82) is 0 Å². The number of rotatable bonds is 9. The van der Waals surface area contributed by atoms with E-state index in [1.165, 1.54) is 6.08 Å². The second-order valence-corrected chi connectivity index (χ2v) is 5.62. The Bertz CT molecular complexity index is 748. The molecule has 7 nitrogen and oxygen atoms in total. The Kier molecular flexibility index (Phi) is 7.23. The molecule has 0 unspecified atom stereocenters. The quantitative estimate of drug-likeness (QED) is 0.547. The second-order valence-electron chi connectivity index (χ2n) is 5.62. The molecule has 0 saturated heterocycles. The van der Waals surface area contributed by atoms with Gasteiger partial charge in [0.15, 0.2) is 11.5 Å². The zero-order valence-electron chi connectivity index (χ0n) is 15.5. The maximum atomic E-state index is 11.7. The molecule has 1 amide bonds. The third-order valence-electron chi connectivity index (χ3n) is 3.77. The number of nitrogens with one attached hydrogen (secondary N) is 1. The van der Waals surface area contributed by atoms with E-state index in [-0.39, 0.29) is 5.91 Å². The SMILES string of the molecule is COCCNC(=O)/C=C/c1ccc(OCc2c(C)noc2C)c(OC)c1. The predicted octanol–water partition coefficient (Wildman–Crippen LogP) is 2.65. The normalized spacial score (nSPS) is 10.9. The van der Waals surface area contributed by atoms with E-state index in [1.54, 1.807) is 26.4 Å². The summed E-state index contributed by atoms with van der Waals surface area (Å²) < 4.78 is 21.2. The van der Waals surface area contributed by atoms with Crippen LogP contribution in [0.5, 0.6) is 11.5 Å². The van der Waals surface area contributed by atoms with Gasteiger partial charge in [0.2, 0.25) is 5.91 Å². The fourth-order valence-corrected chi connectivity index (χ4v) is 2.27. The Balaban J connectivity index is 2.01. The molecule has 0 radical (unpaired) electrons. The van der Waals surface area contributed by atoms with Gasteiger partial charge in [-0.15, -0.1) is 0 Å². The monoisotopic (exact) mass is 360 g/mol. The van der Waals surface area contributed by atoms with E-state index in [0.717, 1.165) is 22.6 Å². The van der Waals surface area contributed by atoms with Crippen molar-refractivity contribution in [3.8, 4) is 11.5 Å². The molecule has 26 heavy (non-hydrogen) atoms. The Labute approximate surface area is 152 Å². The van der Waals surface area contributed by atoms with Crippen LogP contribution in [0.4, 0.5) is 0 Å². The van der Waals surface area contributed by atoms with E-state index < -0.39 is 0 Å². The van der Waals surface area contributed by atoms with Gasteiger partial charge in [-0.1, -0.05) is 11.2 Å². The van der Waals surface area contributed by atoms with Crippen LogP contribution in [-0.4, -0.2) is 38.4 Å². The molecule has 140 valence electrons. The number of nitrogens with zero attached hydrogens (tertiary/aromatic N) is 1. The molecule has 1 aromatic carbocycles. The number of hydrogen-bond acceptors (Lipinski definition) is 6. The lowest BCUT2D eigenvalue weighted by Gasteiger charge is -2.11. The van der Waals surface area contributed by atoms with Gasteiger partial charge in [0.25, 0.3) is 0 Å². The van der Waals surface area contributed by atoms with Crippen molar-refractivity contribution < 1.29 is 23.5 Å². The van der Waals surface area contributed by atoms with Crippen molar-refractivity contribution in [2.75, 3.05) is 27.4 Å². The summed E-state index contributed by atoms with van der Waals surface area (Å²) in [6.07, 6.45) is 3.18.